The van der Waals surface area contributed by atoms with E-state index in [0.29, 0.717) is 0 Å². The predicted octanol–water partition coefficient (Wildman–Crippen LogP) is 9.75. The van der Waals surface area contributed by atoms with E-state index in [9.17, 15) is 0 Å². The van der Waals surface area contributed by atoms with Crippen LogP contribution in [0.4, 0.5) is 0 Å². The summed E-state index contributed by atoms with van der Waals surface area (Å²) in [6.45, 7) is 4.60. The molecule has 0 aliphatic heterocycles. The van der Waals surface area contributed by atoms with Gasteiger partial charge >= 0.3 is 171 Å². The summed E-state index contributed by atoms with van der Waals surface area (Å²) in [7, 11) is 0. The second-order valence-electron chi connectivity index (χ2n) is 8.41. The molecule has 0 aromatic heterocycles. The Morgan fingerprint density at radius 3 is 0.964 bits per heavy atom. The summed E-state index contributed by atoms with van der Waals surface area (Å²) in [4.78, 5) is 0. The van der Waals surface area contributed by atoms with Crippen molar-refractivity contribution in [3.8, 4) is 0 Å². The van der Waals surface area contributed by atoms with Gasteiger partial charge in [0.2, 0.25) is 0 Å². The van der Waals surface area contributed by atoms with E-state index in [4.69, 9.17) is 0 Å². The normalized spacial score (nSPS) is 11.6. The van der Waals surface area contributed by atoms with Crippen LogP contribution >= 0.6 is 23.5 Å². The van der Waals surface area contributed by atoms with Crippen LogP contribution in [0.25, 0.3) is 0 Å². The zero-order valence-corrected chi connectivity index (χ0v) is 22.9. The zero-order chi connectivity index (χ0) is 20.5. The van der Waals surface area contributed by atoms with Gasteiger partial charge in [-0.25, -0.2) is 0 Å². The second kappa shape index (κ2) is 26.3. The van der Waals surface area contributed by atoms with Gasteiger partial charge in [-0.3, -0.25) is 0 Å². The average molecular weight is 491 g/mol. The van der Waals surface area contributed by atoms with E-state index in [0.717, 1.165) is 3.37 Å². The minimum Gasteiger partial charge on any atom is -0.0654 e. The molecule has 0 rings (SSSR count). The Kier molecular flexibility index (Phi) is 27.5. The summed E-state index contributed by atoms with van der Waals surface area (Å²) in [6.07, 6.45) is 28.9. The Hall–Kier alpha value is 1.26. The van der Waals surface area contributed by atoms with Crippen LogP contribution in [-0.4, -0.2) is 31.7 Å². The van der Waals surface area contributed by atoms with E-state index in [1.165, 1.54) is 140 Å². The van der Waals surface area contributed by atoms with Crippen LogP contribution in [0.5, 0.6) is 0 Å². The van der Waals surface area contributed by atoms with Crippen LogP contribution in [0.2, 0.25) is 0 Å². The minimum absolute atomic E-state index is 0.740. The van der Waals surface area contributed by atoms with Gasteiger partial charge in [0, 0.05) is 0 Å². The van der Waals surface area contributed by atoms with Crippen molar-refractivity contribution in [3.05, 3.63) is 0 Å². The Morgan fingerprint density at radius 1 is 0.429 bits per heavy atom. The van der Waals surface area contributed by atoms with E-state index in [1.807, 2.05) is 0 Å². The average Bonchev–Trinajstić information content (AvgIpc) is 2.70. The van der Waals surface area contributed by atoms with Gasteiger partial charge in [0.05, 0.1) is 0 Å². The fourth-order valence-electron chi connectivity index (χ4n) is 3.60. The van der Waals surface area contributed by atoms with Crippen LogP contribution in [0, 0.1) is 0 Å². The first-order chi connectivity index (χ1) is 13.8. The molecule has 0 atom stereocenters. The third-order valence-electron chi connectivity index (χ3n) is 5.52. The van der Waals surface area contributed by atoms with Gasteiger partial charge in [-0.15, -0.1) is 0 Å². The maximum atomic E-state index is 2.90. The van der Waals surface area contributed by atoms with Gasteiger partial charge in [0.1, 0.15) is 0 Å². The summed E-state index contributed by atoms with van der Waals surface area (Å²) in [5.74, 6) is 2.72. The van der Waals surface area contributed by atoms with E-state index in [2.05, 4.69) is 54.2 Å². The Morgan fingerprint density at radius 2 is 0.679 bits per heavy atom. The molecule has 0 aromatic carbocycles. The summed E-state index contributed by atoms with van der Waals surface area (Å²) >= 11 is 7.24. The molecule has 0 heterocycles. The van der Waals surface area contributed by atoms with Crippen molar-refractivity contribution in [2.45, 2.75) is 146 Å². The molecule has 3 heteroatoms. The molecule has 0 saturated heterocycles. The fourth-order valence-corrected chi connectivity index (χ4v) is 7.03. The maximum absolute atomic E-state index is 2.90. The van der Waals surface area contributed by atoms with E-state index in [-0.39, 0.29) is 0 Å². The van der Waals surface area contributed by atoms with Crippen molar-refractivity contribution >= 4 is 40.4 Å². The monoisotopic (exact) mass is 490 g/mol. The molecule has 0 aliphatic rings. The van der Waals surface area contributed by atoms with Crippen LogP contribution in [-0.2, 0) is 0 Å². The summed E-state index contributed by atoms with van der Waals surface area (Å²) < 4.78 is 0.740. The van der Waals surface area contributed by atoms with Gasteiger partial charge in [-0.05, 0) is 0 Å². The van der Waals surface area contributed by atoms with Gasteiger partial charge in [-0.1, -0.05) is 26.7 Å². The topological polar surface area (TPSA) is 0 Å². The number of hydrogen-bond donors (Lipinski definition) is 0. The third kappa shape index (κ3) is 25.3. The van der Waals surface area contributed by atoms with Crippen molar-refractivity contribution < 1.29 is 0 Å². The summed E-state index contributed by atoms with van der Waals surface area (Å²) in [5, 5.41) is 0. The number of unbranched alkanes of at least 4 members (excludes halogenated alkanes) is 18. The molecular formula is C25H51AsS2. The first-order valence-corrected chi connectivity index (χ1v) is 15.9. The van der Waals surface area contributed by atoms with Crippen LogP contribution in [0.3, 0.4) is 0 Å². The van der Waals surface area contributed by atoms with Gasteiger partial charge in [0.15, 0.2) is 0 Å². The number of hydrogen-bond acceptors (Lipinski definition) is 2. The minimum atomic E-state index is 0.740. The van der Waals surface area contributed by atoms with Crippen LogP contribution in [0.1, 0.15) is 142 Å². The Bertz CT molecular complexity index is 247. The summed E-state index contributed by atoms with van der Waals surface area (Å²) in [6, 6.07) is 0. The molecular weight excluding hydrogens is 439 g/mol. The number of rotatable bonds is 24. The first-order valence-electron chi connectivity index (χ1n) is 12.7. The van der Waals surface area contributed by atoms with Crippen molar-refractivity contribution in [3.63, 3.8) is 0 Å². The van der Waals surface area contributed by atoms with E-state index >= 15 is 0 Å². The smallest absolute Gasteiger partial charge is 0.0654 e. The van der Waals surface area contributed by atoms with Crippen molar-refractivity contribution in [2.75, 3.05) is 11.5 Å². The molecule has 0 fully saturated rings. The molecule has 0 amide bonds. The standard InChI is InChI=1S/C25H51AsS2/c1-3-5-7-9-11-13-15-17-19-21-23-27-25(26)28-24-22-20-18-16-14-12-10-8-6-4-2/h25H,3-24H2,1-2H3. The Labute approximate surface area is 196 Å². The molecule has 28 heavy (non-hydrogen) atoms. The molecule has 0 nitrogen and oxygen atoms in total. The first kappa shape index (κ1) is 29.3. The molecule has 0 N–H and O–H groups in total. The summed E-state index contributed by atoms with van der Waals surface area (Å²) in [5.41, 5.74) is 0. The second-order valence-corrected chi connectivity index (χ2v) is 13.7. The predicted molar refractivity (Wildman–Crippen MR) is 138 cm³/mol. The molecule has 0 aliphatic carbocycles. The SMILES string of the molecule is CCCCCCCCCCCCSC([As])SCCCCCCCCCCCC. The number of thioether (sulfide) groups is 2. The van der Waals surface area contributed by atoms with E-state index < -0.39 is 0 Å². The Balaban J connectivity index is 3.12. The third-order valence-corrected chi connectivity index (χ3v) is 9.83. The van der Waals surface area contributed by atoms with Crippen molar-refractivity contribution in [1.82, 2.24) is 0 Å². The molecule has 0 unspecified atom stereocenters. The molecule has 0 bridgehead atoms. The molecule has 0 saturated carbocycles. The molecule has 2 radical (unpaired) electrons. The zero-order valence-electron chi connectivity index (χ0n) is 19.4. The van der Waals surface area contributed by atoms with Crippen molar-refractivity contribution in [2.24, 2.45) is 0 Å². The van der Waals surface area contributed by atoms with E-state index in [1.54, 1.807) is 0 Å². The van der Waals surface area contributed by atoms with Gasteiger partial charge < -0.3 is 0 Å². The molecule has 168 valence electrons. The van der Waals surface area contributed by atoms with Crippen LogP contribution in [0.15, 0.2) is 0 Å². The van der Waals surface area contributed by atoms with Crippen LogP contribution < -0.4 is 0 Å². The van der Waals surface area contributed by atoms with Gasteiger partial charge in [-0.2, -0.15) is 0 Å². The van der Waals surface area contributed by atoms with Crippen molar-refractivity contribution in [1.29, 1.82) is 0 Å². The quantitative estimate of drug-likeness (QED) is 0.0750. The van der Waals surface area contributed by atoms with Gasteiger partial charge in [0.25, 0.3) is 0 Å². The molecule has 0 spiro atoms. The fraction of sp³-hybridized carbons (Fsp3) is 1.00. The molecule has 0 aromatic rings.